The van der Waals surface area contributed by atoms with E-state index in [1.54, 1.807) is 24.3 Å². The van der Waals surface area contributed by atoms with E-state index in [4.69, 9.17) is 4.74 Å². The zero-order chi connectivity index (χ0) is 21.7. The molecule has 0 amide bonds. The van der Waals surface area contributed by atoms with Crippen LogP contribution < -0.4 is 0 Å². The number of ether oxygens (including phenoxy) is 1. The molecule has 0 aromatic heterocycles. The maximum absolute atomic E-state index is 13.5. The van der Waals surface area contributed by atoms with Crippen molar-refractivity contribution in [2.24, 2.45) is 5.92 Å². The maximum atomic E-state index is 13.5. The molecule has 5 rings (SSSR count). The molecular formula is C27H32NO3+. The van der Waals surface area contributed by atoms with E-state index >= 15 is 0 Å². The minimum atomic E-state index is -1.82. The van der Waals surface area contributed by atoms with Gasteiger partial charge in [0.15, 0.2) is 6.10 Å². The molecule has 3 saturated heterocycles. The van der Waals surface area contributed by atoms with Gasteiger partial charge in [0.25, 0.3) is 0 Å². The fourth-order valence-electron chi connectivity index (χ4n) is 5.00. The van der Waals surface area contributed by atoms with Gasteiger partial charge in [-0.05, 0) is 23.5 Å². The Labute approximate surface area is 185 Å². The molecule has 2 aromatic carbocycles. The first-order valence-corrected chi connectivity index (χ1v) is 11.4. The maximum Gasteiger partial charge on any atom is 0.348 e. The quantitative estimate of drug-likeness (QED) is 0.440. The number of nitrogens with zero attached hydrogens (tertiary/aromatic N) is 1. The Kier molecular flexibility index (Phi) is 6.46. The monoisotopic (exact) mass is 418 g/mol. The summed E-state index contributed by atoms with van der Waals surface area (Å²) < 4.78 is 7.00. The van der Waals surface area contributed by atoms with Crippen LogP contribution in [0.4, 0.5) is 0 Å². The molecular weight excluding hydrogens is 386 g/mol. The van der Waals surface area contributed by atoms with Crippen LogP contribution in [0.3, 0.4) is 0 Å². The lowest BCUT2D eigenvalue weighted by atomic mass is 9.82. The van der Waals surface area contributed by atoms with Gasteiger partial charge in [-0.1, -0.05) is 73.5 Å². The Hall–Kier alpha value is -2.61. The average molecular weight is 419 g/mol. The highest BCUT2D eigenvalue weighted by Crippen LogP contribution is 2.38. The van der Waals surface area contributed by atoms with Crippen LogP contribution in [-0.4, -0.2) is 47.8 Å². The molecule has 3 aliphatic rings. The number of fused-ring (bicyclic) bond motifs is 3. The second-order valence-corrected chi connectivity index (χ2v) is 8.96. The molecule has 31 heavy (non-hydrogen) atoms. The van der Waals surface area contributed by atoms with Gasteiger partial charge in [-0.3, -0.25) is 0 Å². The van der Waals surface area contributed by atoms with E-state index in [1.165, 1.54) is 0 Å². The number of unbranched alkanes of at least 4 members (excludes halogenated alkanes) is 1. The highest BCUT2D eigenvalue weighted by atomic mass is 16.6. The second-order valence-electron chi connectivity index (χ2n) is 8.96. The highest BCUT2D eigenvalue weighted by molar-refractivity contribution is 5.85. The van der Waals surface area contributed by atoms with Crippen molar-refractivity contribution in [1.29, 1.82) is 0 Å². The molecule has 162 valence electrons. The number of quaternary nitrogens is 1. The van der Waals surface area contributed by atoms with Crippen LogP contribution in [0.15, 0.2) is 60.7 Å². The molecule has 4 heteroatoms. The number of rotatable bonds is 6. The number of esters is 1. The van der Waals surface area contributed by atoms with Crippen molar-refractivity contribution < 1.29 is 19.1 Å². The number of carbonyl (C=O) groups excluding carboxylic acids is 1. The Morgan fingerprint density at radius 2 is 1.61 bits per heavy atom. The Morgan fingerprint density at radius 3 is 2.16 bits per heavy atom. The van der Waals surface area contributed by atoms with Gasteiger partial charge in [-0.25, -0.2) is 4.79 Å². The van der Waals surface area contributed by atoms with Crippen LogP contribution >= 0.6 is 0 Å². The molecule has 3 aliphatic heterocycles. The number of hydrogen-bond acceptors (Lipinski definition) is 3. The Bertz CT molecular complexity index is 897. The third-order valence-electron chi connectivity index (χ3n) is 6.89. The summed E-state index contributed by atoms with van der Waals surface area (Å²) in [5, 5.41) is 11.7. The predicted molar refractivity (Wildman–Crippen MR) is 121 cm³/mol. The fourth-order valence-corrected chi connectivity index (χ4v) is 5.00. The zero-order valence-electron chi connectivity index (χ0n) is 18.3. The second kappa shape index (κ2) is 9.26. The van der Waals surface area contributed by atoms with Gasteiger partial charge in [0, 0.05) is 25.2 Å². The third-order valence-corrected chi connectivity index (χ3v) is 6.89. The molecule has 2 aromatic rings. The molecule has 1 N–H and O–H groups in total. The summed E-state index contributed by atoms with van der Waals surface area (Å²) in [5.74, 6) is 6.41. The molecule has 1 atom stereocenters. The number of aliphatic hydroxyl groups is 1. The van der Waals surface area contributed by atoms with E-state index in [9.17, 15) is 9.90 Å². The summed E-state index contributed by atoms with van der Waals surface area (Å²) in [7, 11) is 0. The van der Waals surface area contributed by atoms with Crippen molar-refractivity contribution in [3.8, 4) is 11.8 Å². The lowest BCUT2D eigenvalue weighted by molar-refractivity contribution is -0.939. The third kappa shape index (κ3) is 4.39. The SMILES string of the molecule is CCCC#CC[N+]12CCC(CC1)C(OC(=O)C(O)(c1ccccc1)c1ccccc1)C2. The van der Waals surface area contributed by atoms with Gasteiger partial charge in [0.1, 0.15) is 13.1 Å². The summed E-state index contributed by atoms with van der Waals surface area (Å²) in [6, 6.07) is 18.2. The molecule has 0 spiro atoms. The smallest absolute Gasteiger partial charge is 0.348 e. The normalized spacial score (nSPS) is 24.8. The molecule has 3 heterocycles. The van der Waals surface area contributed by atoms with Gasteiger partial charge in [-0.15, -0.1) is 0 Å². The summed E-state index contributed by atoms with van der Waals surface area (Å²) >= 11 is 0. The largest absolute Gasteiger partial charge is 0.453 e. The molecule has 0 radical (unpaired) electrons. The van der Waals surface area contributed by atoms with E-state index in [0.29, 0.717) is 17.0 Å². The van der Waals surface area contributed by atoms with Crippen LogP contribution in [0.25, 0.3) is 0 Å². The van der Waals surface area contributed by atoms with Gasteiger partial charge in [-0.2, -0.15) is 0 Å². The topological polar surface area (TPSA) is 46.5 Å². The lowest BCUT2D eigenvalue weighted by Gasteiger charge is -2.51. The van der Waals surface area contributed by atoms with E-state index in [0.717, 1.165) is 56.3 Å². The molecule has 3 fully saturated rings. The van der Waals surface area contributed by atoms with Crippen molar-refractivity contribution in [3.05, 3.63) is 71.8 Å². The van der Waals surface area contributed by atoms with Gasteiger partial charge < -0.3 is 14.3 Å². The summed E-state index contributed by atoms with van der Waals surface area (Å²) in [4.78, 5) is 13.5. The standard InChI is InChI=1S/C27H32NO3/c1-2-3-4-11-18-28-19-16-22(17-20-28)25(21-28)31-26(29)27(30,23-12-7-5-8-13-23)24-14-9-6-10-15-24/h5-10,12-15,22,25,30H,2-3,16-21H2,1H3/q+1. The van der Waals surface area contributed by atoms with Crippen molar-refractivity contribution in [3.63, 3.8) is 0 Å². The fraction of sp³-hybridized carbons (Fsp3) is 0.444. The van der Waals surface area contributed by atoms with Gasteiger partial charge in [0.05, 0.1) is 13.1 Å². The molecule has 2 bridgehead atoms. The molecule has 0 aliphatic carbocycles. The van der Waals surface area contributed by atoms with Crippen LogP contribution in [0, 0.1) is 17.8 Å². The Balaban J connectivity index is 1.56. The van der Waals surface area contributed by atoms with E-state index < -0.39 is 11.6 Å². The van der Waals surface area contributed by atoms with Crippen LogP contribution in [0.5, 0.6) is 0 Å². The summed E-state index contributed by atoms with van der Waals surface area (Å²) in [6.45, 7) is 5.95. The summed E-state index contributed by atoms with van der Waals surface area (Å²) in [6.07, 6.45) is 3.92. The minimum Gasteiger partial charge on any atom is -0.453 e. The lowest BCUT2D eigenvalue weighted by Crippen LogP contribution is -2.65. The van der Waals surface area contributed by atoms with Gasteiger partial charge in [0.2, 0.25) is 5.60 Å². The van der Waals surface area contributed by atoms with E-state index in [-0.39, 0.29) is 6.10 Å². The van der Waals surface area contributed by atoms with Crippen molar-refractivity contribution in [1.82, 2.24) is 0 Å². The first-order chi connectivity index (χ1) is 15.1. The highest BCUT2D eigenvalue weighted by Gasteiger charge is 2.50. The average Bonchev–Trinajstić information content (AvgIpc) is 2.83. The zero-order valence-corrected chi connectivity index (χ0v) is 18.3. The number of carbonyl (C=O) groups is 1. The van der Waals surface area contributed by atoms with Gasteiger partial charge >= 0.3 is 5.97 Å². The molecule has 4 nitrogen and oxygen atoms in total. The Morgan fingerprint density at radius 1 is 1.03 bits per heavy atom. The molecule has 0 saturated carbocycles. The van der Waals surface area contributed by atoms with Crippen LogP contribution in [0.1, 0.15) is 43.7 Å². The first-order valence-electron chi connectivity index (χ1n) is 11.4. The van der Waals surface area contributed by atoms with Crippen molar-refractivity contribution in [2.75, 3.05) is 26.2 Å². The molecule has 1 unspecified atom stereocenters. The van der Waals surface area contributed by atoms with E-state index in [1.807, 2.05) is 36.4 Å². The number of benzene rings is 2. The predicted octanol–water partition coefficient (Wildman–Crippen LogP) is 3.88. The first kappa shape index (κ1) is 21.6. The summed E-state index contributed by atoms with van der Waals surface area (Å²) in [5.41, 5.74) is -0.760. The van der Waals surface area contributed by atoms with E-state index in [2.05, 4.69) is 18.8 Å². The van der Waals surface area contributed by atoms with Crippen LogP contribution in [0.2, 0.25) is 0 Å². The number of hydrogen-bond donors (Lipinski definition) is 1. The minimum absolute atomic E-state index is 0.179. The van der Waals surface area contributed by atoms with Crippen molar-refractivity contribution in [2.45, 2.75) is 44.3 Å². The van der Waals surface area contributed by atoms with Crippen LogP contribution in [-0.2, 0) is 15.1 Å². The van der Waals surface area contributed by atoms with Crippen molar-refractivity contribution >= 4 is 5.97 Å². The number of piperidine rings is 3.